The minimum Gasteiger partial charge on any atom is -0.453 e. The Hall–Kier alpha value is -2.31. The topological polar surface area (TPSA) is 71.5 Å². The number of methoxy groups -OCH3 is 1. The van der Waals surface area contributed by atoms with Crippen LogP contribution in [0, 0.1) is 0 Å². The van der Waals surface area contributed by atoms with Crippen LogP contribution >= 0.6 is 0 Å². The van der Waals surface area contributed by atoms with E-state index in [4.69, 9.17) is 4.74 Å². The van der Waals surface area contributed by atoms with E-state index in [9.17, 15) is 10.0 Å². The summed E-state index contributed by atoms with van der Waals surface area (Å²) in [5.74, 6) is 0. The molecule has 0 bridgehead atoms. The second-order valence-corrected chi connectivity index (χ2v) is 4.94. The van der Waals surface area contributed by atoms with Gasteiger partial charge in [-0.05, 0) is 12.8 Å². The summed E-state index contributed by atoms with van der Waals surface area (Å²) in [6.45, 7) is 1.37. The van der Waals surface area contributed by atoms with Crippen molar-refractivity contribution in [2.45, 2.75) is 18.9 Å². The summed E-state index contributed by atoms with van der Waals surface area (Å²) in [4.78, 5) is 17.5. The molecule has 3 rings (SSSR count). The van der Waals surface area contributed by atoms with E-state index < -0.39 is 0 Å². The zero-order valence-electron chi connectivity index (χ0n) is 11.3. The molecule has 0 unspecified atom stereocenters. The van der Waals surface area contributed by atoms with Crippen LogP contribution in [0.5, 0.6) is 0 Å². The number of hydrogen-bond acceptors (Lipinski definition) is 4. The second kappa shape index (κ2) is 4.99. The van der Waals surface area contributed by atoms with Crippen LogP contribution in [0.25, 0.3) is 11.0 Å². The number of pyridine rings is 1. The van der Waals surface area contributed by atoms with Gasteiger partial charge in [0.05, 0.1) is 19.0 Å². The fraction of sp³-hybridized carbons (Fsp3) is 0.462. The van der Waals surface area contributed by atoms with E-state index in [0.717, 1.165) is 28.6 Å². The predicted octanol–water partition coefficient (Wildman–Crippen LogP) is 0.964. The van der Waals surface area contributed by atoms with E-state index in [1.54, 1.807) is 23.6 Å². The molecule has 1 amide bonds. The first-order valence-corrected chi connectivity index (χ1v) is 6.59. The van der Waals surface area contributed by atoms with Crippen LogP contribution in [0.1, 0.15) is 18.9 Å². The minimum atomic E-state index is -0.264. The van der Waals surface area contributed by atoms with Gasteiger partial charge in [-0.15, -0.1) is 0 Å². The lowest BCUT2D eigenvalue weighted by atomic mass is 10.1. The Morgan fingerprint density at radius 1 is 1.50 bits per heavy atom. The lowest BCUT2D eigenvalue weighted by Crippen LogP contribution is -2.38. The molecule has 0 radical (unpaired) electrons. The molecule has 0 atom stereocenters. The van der Waals surface area contributed by atoms with Crippen molar-refractivity contribution in [2.75, 3.05) is 20.2 Å². The van der Waals surface area contributed by atoms with Crippen molar-refractivity contribution >= 4 is 17.1 Å². The number of ether oxygens (including phenoxy) is 1. The van der Waals surface area contributed by atoms with Gasteiger partial charge in [0, 0.05) is 29.9 Å². The van der Waals surface area contributed by atoms with Gasteiger partial charge in [-0.1, -0.05) is 0 Å². The van der Waals surface area contributed by atoms with Gasteiger partial charge < -0.3 is 14.2 Å². The Kier molecular flexibility index (Phi) is 3.17. The van der Waals surface area contributed by atoms with Crippen LogP contribution in [-0.2, 0) is 4.74 Å². The van der Waals surface area contributed by atoms with Crippen molar-refractivity contribution in [1.29, 1.82) is 0 Å². The van der Waals surface area contributed by atoms with Gasteiger partial charge >= 0.3 is 6.09 Å². The third-order valence-electron chi connectivity index (χ3n) is 3.79. The molecule has 1 saturated heterocycles. The van der Waals surface area contributed by atoms with Crippen LogP contribution in [-0.4, -0.2) is 46.0 Å². The predicted molar refractivity (Wildman–Crippen MR) is 69.4 cm³/mol. The molecule has 2 aromatic heterocycles. The number of aromatic nitrogens is 3. The highest BCUT2D eigenvalue weighted by atomic mass is 16.5. The zero-order valence-corrected chi connectivity index (χ0v) is 11.3. The average Bonchev–Trinajstić information content (AvgIpc) is 2.89. The van der Waals surface area contributed by atoms with Crippen LogP contribution in [0.15, 0.2) is 24.8 Å². The molecule has 20 heavy (non-hydrogen) atoms. The number of rotatable bonds is 1. The van der Waals surface area contributed by atoms with Crippen molar-refractivity contribution in [2.24, 2.45) is 0 Å². The summed E-state index contributed by atoms with van der Waals surface area (Å²) in [6, 6.07) is 2.16. The smallest absolute Gasteiger partial charge is 0.409 e. The summed E-state index contributed by atoms with van der Waals surface area (Å²) < 4.78 is 7.85. The van der Waals surface area contributed by atoms with Crippen LogP contribution in [0.4, 0.5) is 4.79 Å². The van der Waals surface area contributed by atoms with Crippen molar-refractivity contribution in [3.05, 3.63) is 24.8 Å². The monoisotopic (exact) mass is 277 g/mol. The maximum atomic E-state index is 11.5. The lowest BCUT2D eigenvalue weighted by molar-refractivity contribution is -0.904. The molecular formula is C13H17N4O3+. The van der Waals surface area contributed by atoms with Crippen molar-refractivity contribution < 1.29 is 19.5 Å². The number of amides is 1. The van der Waals surface area contributed by atoms with Crippen LogP contribution in [0.3, 0.4) is 0 Å². The molecule has 1 N–H and O–H groups in total. The normalized spacial score (nSPS) is 16.6. The van der Waals surface area contributed by atoms with Gasteiger partial charge in [0.2, 0.25) is 12.4 Å². The molecule has 7 nitrogen and oxygen atoms in total. The maximum Gasteiger partial charge on any atom is 0.409 e. The maximum absolute atomic E-state index is 11.5. The fourth-order valence-corrected chi connectivity index (χ4v) is 2.72. The Labute approximate surface area is 116 Å². The SMILES string of the molecule is COC(=O)N1CCC(n2cnc3c[n+](O)ccc32)CC1. The van der Waals surface area contributed by atoms with E-state index in [2.05, 4.69) is 9.55 Å². The Morgan fingerprint density at radius 2 is 2.25 bits per heavy atom. The molecule has 3 heterocycles. The summed E-state index contributed by atoms with van der Waals surface area (Å²) in [5, 5.41) is 9.38. The van der Waals surface area contributed by atoms with Gasteiger partial charge in [0.25, 0.3) is 0 Å². The standard InChI is InChI=1S/C13H17N4O3/c1-20-13(18)15-5-2-10(3-6-15)17-9-14-11-8-16(19)7-4-12(11)17/h4,7-10,19H,2-3,5-6H2,1H3/q+1. The number of piperidine rings is 1. The van der Waals surface area contributed by atoms with E-state index in [1.807, 2.05) is 6.07 Å². The van der Waals surface area contributed by atoms with Crippen molar-refractivity contribution in [1.82, 2.24) is 14.5 Å². The average molecular weight is 277 g/mol. The molecule has 0 aromatic carbocycles. The highest BCUT2D eigenvalue weighted by Crippen LogP contribution is 2.26. The molecule has 0 spiro atoms. The van der Waals surface area contributed by atoms with Crippen LogP contribution in [0.2, 0.25) is 0 Å². The highest BCUT2D eigenvalue weighted by molar-refractivity contribution is 5.73. The van der Waals surface area contributed by atoms with Crippen molar-refractivity contribution in [3.63, 3.8) is 0 Å². The van der Waals surface area contributed by atoms with Crippen LogP contribution < -0.4 is 4.73 Å². The number of imidazole rings is 1. The number of hydrogen-bond donors (Lipinski definition) is 1. The zero-order chi connectivity index (χ0) is 14.1. The van der Waals surface area contributed by atoms with Gasteiger partial charge in [-0.25, -0.2) is 9.78 Å². The third kappa shape index (κ3) is 2.15. The minimum absolute atomic E-state index is 0.264. The fourth-order valence-electron chi connectivity index (χ4n) is 2.72. The summed E-state index contributed by atoms with van der Waals surface area (Å²) in [6.07, 6.45) is 6.44. The Balaban J connectivity index is 1.78. The Bertz CT molecular complexity index is 632. The largest absolute Gasteiger partial charge is 0.453 e. The number of carbonyl (C=O) groups is 1. The third-order valence-corrected chi connectivity index (χ3v) is 3.79. The number of fused-ring (bicyclic) bond motifs is 1. The Morgan fingerprint density at radius 3 is 2.95 bits per heavy atom. The molecule has 106 valence electrons. The molecule has 7 heteroatoms. The van der Waals surface area contributed by atoms with E-state index in [0.29, 0.717) is 19.1 Å². The lowest BCUT2D eigenvalue weighted by Gasteiger charge is -2.31. The van der Waals surface area contributed by atoms with Gasteiger partial charge in [-0.2, -0.15) is 0 Å². The number of likely N-dealkylation sites (tertiary alicyclic amines) is 1. The van der Waals surface area contributed by atoms with Gasteiger partial charge in [0.1, 0.15) is 0 Å². The van der Waals surface area contributed by atoms with Crippen molar-refractivity contribution in [3.8, 4) is 0 Å². The molecule has 1 aliphatic heterocycles. The first kappa shape index (κ1) is 12.7. The summed E-state index contributed by atoms with van der Waals surface area (Å²) >= 11 is 0. The van der Waals surface area contributed by atoms with Gasteiger partial charge in [-0.3, -0.25) is 5.21 Å². The summed E-state index contributed by atoms with van der Waals surface area (Å²) in [5.41, 5.74) is 1.75. The van der Waals surface area contributed by atoms with Gasteiger partial charge in [0.15, 0.2) is 5.52 Å². The summed E-state index contributed by atoms with van der Waals surface area (Å²) in [7, 11) is 1.40. The first-order valence-electron chi connectivity index (χ1n) is 6.59. The first-order chi connectivity index (χ1) is 9.69. The van der Waals surface area contributed by atoms with E-state index in [-0.39, 0.29) is 6.09 Å². The number of carbonyl (C=O) groups excluding carboxylic acids is 1. The van der Waals surface area contributed by atoms with E-state index >= 15 is 0 Å². The highest BCUT2D eigenvalue weighted by Gasteiger charge is 2.25. The molecule has 1 aliphatic rings. The van der Waals surface area contributed by atoms with E-state index in [1.165, 1.54) is 7.11 Å². The molecule has 1 fully saturated rings. The molecule has 0 saturated carbocycles. The number of nitrogens with zero attached hydrogens (tertiary/aromatic N) is 4. The molecule has 2 aromatic rings. The molecular weight excluding hydrogens is 260 g/mol. The second-order valence-electron chi connectivity index (χ2n) is 4.94. The molecule has 0 aliphatic carbocycles. The quantitative estimate of drug-likeness (QED) is 0.622.